The van der Waals surface area contributed by atoms with Crippen molar-refractivity contribution in [1.29, 1.82) is 0 Å². The Hall–Kier alpha value is -3.85. The number of nitrogens with one attached hydrogen (secondary N) is 1. The average molecular weight is 631 g/mol. The first-order valence-electron chi connectivity index (χ1n) is 13.8. The molecule has 1 saturated heterocycles. The first-order valence-corrected chi connectivity index (χ1v) is 15.4. The second-order valence-corrected chi connectivity index (χ2v) is 12.5. The van der Waals surface area contributed by atoms with Gasteiger partial charge in [0.05, 0.1) is 26.1 Å². The van der Waals surface area contributed by atoms with Gasteiger partial charge in [0, 0.05) is 5.39 Å². The zero-order valence-corrected chi connectivity index (χ0v) is 25.7. The molecule has 1 aliphatic rings. The van der Waals surface area contributed by atoms with Crippen molar-refractivity contribution < 1.29 is 42.8 Å². The van der Waals surface area contributed by atoms with E-state index >= 15 is 0 Å². The molecule has 2 aromatic heterocycles. The van der Waals surface area contributed by atoms with Crippen LogP contribution in [0.25, 0.3) is 21.9 Å². The Kier molecular flexibility index (Phi) is 8.80. The van der Waals surface area contributed by atoms with E-state index in [1.165, 1.54) is 31.9 Å². The Labute approximate surface area is 252 Å². The molecule has 0 spiro atoms. The minimum Gasteiger partial charge on any atom is -0.479 e. The molecule has 16 heteroatoms. The van der Waals surface area contributed by atoms with E-state index in [0.717, 1.165) is 5.39 Å². The summed E-state index contributed by atoms with van der Waals surface area (Å²) >= 11 is 0. The van der Waals surface area contributed by atoms with E-state index in [-0.39, 0.29) is 28.7 Å². The number of aliphatic hydroxyl groups excluding tert-OH is 1. The molecule has 0 radical (unpaired) electrons. The highest BCUT2D eigenvalue weighted by Gasteiger charge is 2.54. The Morgan fingerprint density at radius 3 is 2.66 bits per heavy atom. The van der Waals surface area contributed by atoms with E-state index in [0.29, 0.717) is 5.39 Å². The molecule has 0 unspecified atom stereocenters. The third kappa shape index (κ3) is 6.20. The molecule has 1 fully saturated rings. The van der Waals surface area contributed by atoms with Crippen molar-refractivity contribution >= 4 is 41.6 Å². The van der Waals surface area contributed by atoms with Gasteiger partial charge in [-0.15, -0.1) is 0 Å². The minimum atomic E-state index is -4.35. The number of nitrogen functional groups attached to an aromatic ring is 1. The number of benzene rings is 2. The lowest BCUT2D eigenvalue weighted by Gasteiger charge is -2.27. The van der Waals surface area contributed by atoms with Gasteiger partial charge in [-0.2, -0.15) is 15.1 Å². The molecule has 236 valence electrons. The summed E-state index contributed by atoms with van der Waals surface area (Å²) in [6.07, 6.45) is -3.03. The van der Waals surface area contributed by atoms with Crippen LogP contribution in [-0.2, 0) is 23.4 Å². The van der Waals surface area contributed by atoms with Crippen LogP contribution in [0.1, 0.15) is 33.9 Å². The van der Waals surface area contributed by atoms with E-state index in [2.05, 4.69) is 20.0 Å². The summed E-state index contributed by atoms with van der Waals surface area (Å²) in [5.74, 6) is -0.421. The number of rotatable bonds is 11. The molecule has 0 aliphatic carbocycles. The number of nitrogens with zero attached hydrogens (tertiary/aromatic N) is 4. The molecule has 0 saturated carbocycles. The van der Waals surface area contributed by atoms with Gasteiger partial charge in [0.1, 0.15) is 29.6 Å². The first-order chi connectivity index (χ1) is 20.8. The van der Waals surface area contributed by atoms with Crippen LogP contribution in [0.4, 0.5) is 5.95 Å². The van der Waals surface area contributed by atoms with Crippen LogP contribution in [0.15, 0.2) is 48.8 Å². The summed E-state index contributed by atoms with van der Waals surface area (Å²) in [7, 11) is -2.95. The van der Waals surface area contributed by atoms with Gasteiger partial charge in [-0.25, -0.2) is 9.55 Å². The summed E-state index contributed by atoms with van der Waals surface area (Å²) in [5.41, 5.74) is 4.39. The third-order valence-electron chi connectivity index (χ3n) is 7.04. The zero-order valence-electron chi connectivity index (χ0n) is 24.8. The molecule has 44 heavy (non-hydrogen) atoms. The van der Waals surface area contributed by atoms with Gasteiger partial charge < -0.3 is 34.7 Å². The van der Waals surface area contributed by atoms with Crippen LogP contribution in [0.5, 0.6) is 11.6 Å². The summed E-state index contributed by atoms with van der Waals surface area (Å²) in [6.45, 7) is 5.69. The molecule has 5 N–H and O–H groups in total. The number of fused-ring (bicyclic) bond motifs is 2. The van der Waals surface area contributed by atoms with Crippen LogP contribution < -0.4 is 20.1 Å². The predicted molar refractivity (Wildman–Crippen MR) is 159 cm³/mol. The van der Waals surface area contributed by atoms with Gasteiger partial charge in [-0.3, -0.25) is 13.9 Å². The van der Waals surface area contributed by atoms with Crippen LogP contribution in [0, 0.1) is 0 Å². The molecule has 0 amide bonds. The van der Waals surface area contributed by atoms with Gasteiger partial charge in [-0.05, 0) is 39.1 Å². The van der Waals surface area contributed by atoms with Gasteiger partial charge in [-0.1, -0.05) is 36.4 Å². The quantitative estimate of drug-likeness (QED) is 0.139. The maximum absolute atomic E-state index is 14.2. The Morgan fingerprint density at radius 1 is 1.20 bits per heavy atom. The standard InChI is InChI=1S/C28H35N6O9P/c1-15(2)41-25(36)16(3)33-44(38,43-19-12-8-10-17-9-6-7-11-18(17)19)40-13-20-22(35)28(4,37)26(42-20)34-14-30-21-23(34)31-27(29)32-24(21)39-5/h6-12,14-16,20,22,26,35,37H,13H2,1-5H3,(H,33,38)(H2,29,31,32)/t16-,20+,22+,26+,28+,44+/m0/s1. The summed E-state index contributed by atoms with van der Waals surface area (Å²) < 4.78 is 43.9. The maximum Gasteiger partial charge on any atom is 0.459 e. The Bertz CT molecular complexity index is 1710. The topological polar surface area (TPSA) is 202 Å². The van der Waals surface area contributed by atoms with Crippen molar-refractivity contribution in [2.75, 3.05) is 19.5 Å². The number of hydrogen-bond donors (Lipinski definition) is 4. The minimum absolute atomic E-state index is 0.100. The number of methoxy groups -OCH3 is 1. The van der Waals surface area contributed by atoms with E-state index in [9.17, 15) is 19.6 Å². The van der Waals surface area contributed by atoms with Gasteiger partial charge >= 0.3 is 13.7 Å². The predicted octanol–water partition coefficient (Wildman–Crippen LogP) is 2.71. The number of aromatic nitrogens is 4. The third-order valence-corrected chi connectivity index (χ3v) is 8.67. The Morgan fingerprint density at radius 2 is 1.93 bits per heavy atom. The van der Waals surface area contributed by atoms with E-state index in [4.69, 9.17) is 29.0 Å². The SMILES string of the molecule is COc1nc(N)nc2c1ncn2[C@@H]1O[C@H](CO[P@](=O)(N[C@@H](C)C(=O)OC(C)C)Oc2cccc3ccccc23)[C@@H](O)[C@@]1(C)O. The molecule has 6 atom stereocenters. The molecule has 1 aliphatic heterocycles. The van der Waals surface area contributed by atoms with Crippen molar-refractivity contribution in [3.8, 4) is 11.6 Å². The molecule has 5 rings (SSSR count). The van der Waals surface area contributed by atoms with Gasteiger partial charge in [0.2, 0.25) is 11.8 Å². The smallest absolute Gasteiger partial charge is 0.459 e. The van der Waals surface area contributed by atoms with Gasteiger partial charge in [0.25, 0.3) is 0 Å². The number of carbonyl (C=O) groups is 1. The lowest BCUT2D eigenvalue weighted by atomic mass is 9.96. The van der Waals surface area contributed by atoms with E-state index in [1.807, 2.05) is 18.2 Å². The maximum atomic E-state index is 14.2. The number of esters is 1. The normalized spacial score (nSPS) is 24.0. The van der Waals surface area contributed by atoms with Crippen LogP contribution in [0.2, 0.25) is 0 Å². The highest BCUT2D eigenvalue weighted by molar-refractivity contribution is 7.52. The van der Waals surface area contributed by atoms with Crippen molar-refractivity contribution in [2.45, 2.75) is 63.9 Å². The molecular weight excluding hydrogens is 595 g/mol. The average Bonchev–Trinajstić information content (AvgIpc) is 3.48. The highest BCUT2D eigenvalue weighted by Crippen LogP contribution is 2.48. The fourth-order valence-electron chi connectivity index (χ4n) is 4.89. The highest BCUT2D eigenvalue weighted by atomic mass is 31.2. The number of imidazole rings is 1. The lowest BCUT2D eigenvalue weighted by Crippen LogP contribution is -2.44. The molecule has 3 heterocycles. The number of hydrogen-bond acceptors (Lipinski definition) is 13. The largest absolute Gasteiger partial charge is 0.479 e. The number of aliphatic hydroxyl groups is 2. The molecule has 2 aromatic carbocycles. The number of ether oxygens (including phenoxy) is 3. The van der Waals surface area contributed by atoms with Gasteiger partial charge in [0.15, 0.2) is 17.4 Å². The van der Waals surface area contributed by atoms with Crippen molar-refractivity contribution in [1.82, 2.24) is 24.6 Å². The summed E-state index contributed by atoms with van der Waals surface area (Å²) in [4.78, 5) is 25.0. The van der Waals surface area contributed by atoms with E-state index in [1.54, 1.807) is 38.1 Å². The Balaban J connectivity index is 1.42. The molecular formula is C28H35N6O9P. The van der Waals surface area contributed by atoms with Crippen molar-refractivity contribution in [2.24, 2.45) is 0 Å². The molecule has 0 bridgehead atoms. The van der Waals surface area contributed by atoms with Crippen LogP contribution in [-0.4, -0.2) is 79.4 Å². The van der Waals surface area contributed by atoms with Crippen LogP contribution in [0.3, 0.4) is 0 Å². The second-order valence-electron chi connectivity index (χ2n) is 10.8. The van der Waals surface area contributed by atoms with E-state index < -0.39 is 56.5 Å². The van der Waals surface area contributed by atoms with Crippen molar-refractivity contribution in [3.05, 3.63) is 48.8 Å². The molecule has 4 aromatic rings. The number of carbonyl (C=O) groups excluding carboxylic acids is 1. The molecule has 15 nitrogen and oxygen atoms in total. The lowest BCUT2D eigenvalue weighted by molar-refractivity contribution is -0.149. The first kappa shape index (κ1) is 31.6. The van der Waals surface area contributed by atoms with Crippen LogP contribution >= 0.6 is 7.75 Å². The fourth-order valence-corrected chi connectivity index (χ4v) is 6.41. The number of anilines is 1. The number of nitrogens with two attached hydrogens (primary N) is 1. The second kappa shape index (κ2) is 12.3. The monoisotopic (exact) mass is 630 g/mol. The fraction of sp³-hybridized carbons (Fsp3) is 0.429. The zero-order chi connectivity index (χ0) is 31.8. The summed E-state index contributed by atoms with van der Waals surface area (Å²) in [6, 6.07) is 11.4. The summed E-state index contributed by atoms with van der Waals surface area (Å²) in [5, 5.41) is 26.6. The van der Waals surface area contributed by atoms with Crippen molar-refractivity contribution in [3.63, 3.8) is 0 Å².